The van der Waals surface area contributed by atoms with Gasteiger partial charge in [0.05, 0.1) is 11.4 Å². The van der Waals surface area contributed by atoms with Crippen LogP contribution in [-0.2, 0) is 9.59 Å². The highest BCUT2D eigenvalue weighted by Gasteiger charge is 2.35. The number of amides is 2. The lowest BCUT2D eigenvalue weighted by Gasteiger charge is -2.27. The standard InChI is InChI=1S/C32H32N4O3/c1-4-6-7-11-18-35-31(37)28(23(3)29(21-33)32(35)38)20-25-22-36(26-12-9-8-10-13-26)34-30(25)24-14-16-27(17-15-24)39-19-5-2/h5,8-10,12-17,20,22H,2,4,6-7,11,18-19H2,1,3H3/b28-20+. The van der Waals surface area contributed by atoms with Crippen molar-refractivity contribution >= 4 is 17.9 Å². The quantitative estimate of drug-likeness (QED) is 0.129. The van der Waals surface area contributed by atoms with Crippen LogP contribution in [0.25, 0.3) is 23.0 Å². The Bertz CT molecular complexity index is 1460. The first-order valence-corrected chi connectivity index (χ1v) is 13.2. The minimum atomic E-state index is -0.524. The summed E-state index contributed by atoms with van der Waals surface area (Å²) < 4.78 is 7.38. The summed E-state index contributed by atoms with van der Waals surface area (Å²) in [5.41, 5.74) is 3.75. The van der Waals surface area contributed by atoms with Crippen molar-refractivity contribution in [1.29, 1.82) is 5.26 Å². The molecular formula is C32H32N4O3. The first kappa shape index (κ1) is 27.3. The molecule has 0 saturated heterocycles. The van der Waals surface area contributed by atoms with E-state index in [0.29, 0.717) is 41.2 Å². The lowest BCUT2D eigenvalue weighted by molar-refractivity contribution is -0.140. The molecule has 7 nitrogen and oxygen atoms in total. The molecule has 3 aromatic rings. The fraction of sp³-hybridized carbons (Fsp3) is 0.250. The number of nitriles is 1. The average molecular weight is 521 g/mol. The van der Waals surface area contributed by atoms with Crippen LogP contribution in [0.1, 0.15) is 45.1 Å². The van der Waals surface area contributed by atoms with Crippen molar-refractivity contribution in [2.45, 2.75) is 39.5 Å². The summed E-state index contributed by atoms with van der Waals surface area (Å²) >= 11 is 0. The van der Waals surface area contributed by atoms with Gasteiger partial charge in [0, 0.05) is 29.4 Å². The Kier molecular flexibility index (Phi) is 8.90. The van der Waals surface area contributed by atoms with E-state index in [1.807, 2.05) is 66.9 Å². The maximum Gasteiger partial charge on any atom is 0.271 e. The Morgan fingerprint density at radius 2 is 1.77 bits per heavy atom. The van der Waals surface area contributed by atoms with Crippen molar-refractivity contribution in [3.8, 4) is 28.8 Å². The smallest absolute Gasteiger partial charge is 0.271 e. The number of hydrogen-bond acceptors (Lipinski definition) is 5. The van der Waals surface area contributed by atoms with Crippen molar-refractivity contribution in [3.63, 3.8) is 0 Å². The molecule has 198 valence electrons. The zero-order valence-electron chi connectivity index (χ0n) is 22.4. The van der Waals surface area contributed by atoms with Crippen LogP contribution in [-0.4, -0.2) is 39.6 Å². The molecule has 0 fully saturated rings. The van der Waals surface area contributed by atoms with Gasteiger partial charge in [-0.2, -0.15) is 10.4 Å². The minimum absolute atomic E-state index is 0.00272. The van der Waals surface area contributed by atoms with Crippen molar-refractivity contribution in [2.24, 2.45) is 0 Å². The van der Waals surface area contributed by atoms with Gasteiger partial charge in [-0.25, -0.2) is 4.68 Å². The number of aromatic nitrogens is 2. The second kappa shape index (κ2) is 12.7. The minimum Gasteiger partial charge on any atom is -0.490 e. The molecule has 0 atom stereocenters. The summed E-state index contributed by atoms with van der Waals surface area (Å²) in [6, 6.07) is 19.3. The molecule has 0 saturated carbocycles. The second-order valence-corrected chi connectivity index (χ2v) is 9.33. The number of hydrogen-bond donors (Lipinski definition) is 0. The van der Waals surface area contributed by atoms with Crippen molar-refractivity contribution in [2.75, 3.05) is 13.2 Å². The molecule has 1 aromatic heterocycles. The van der Waals surface area contributed by atoms with Crippen LogP contribution in [0.3, 0.4) is 0 Å². The first-order valence-electron chi connectivity index (χ1n) is 13.2. The lowest BCUT2D eigenvalue weighted by atomic mass is 9.93. The molecule has 0 spiro atoms. The van der Waals surface area contributed by atoms with Crippen LogP contribution >= 0.6 is 0 Å². The average Bonchev–Trinajstić information content (AvgIpc) is 3.38. The summed E-state index contributed by atoms with van der Waals surface area (Å²) in [6.07, 6.45) is 8.97. The monoisotopic (exact) mass is 520 g/mol. The third kappa shape index (κ3) is 6.07. The molecule has 0 aliphatic carbocycles. The number of carbonyl (C=O) groups is 2. The maximum atomic E-state index is 13.6. The van der Waals surface area contributed by atoms with Crippen LogP contribution in [0.2, 0.25) is 0 Å². The largest absolute Gasteiger partial charge is 0.490 e. The van der Waals surface area contributed by atoms with Gasteiger partial charge in [0.1, 0.15) is 24.0 Å². The molecule has 1 aliphatic rings. The molecule has 1 aliphatic heterocycles. The second-order valence-electron chi connectivity index (χ2n) is 9.33. The third-order valence-electron chi connectivity index (χ3n) is 6.62. The number of rotatable bonds is 11. The zero-order valence-corrected chi connectivity index (χ0v) is 22.4. The van der Waals surface area contributed by atoms with E-state index in [1.54, 1.807) is 23.8 Å². The number of unbranched alkanes of at least 4 members (excludes halogenated alkanes) is 3. The molecule has 0 unspecified atom stereocenters. The van der Waals surface area contributed by atoms with Gasteiger partial charge in [-0.1, -0.05) is 57.0 Å². The van der Waals surface area contributed by atoms with Crippen molar-refractivity contribution < 1.29 is 14.3 Å². The fourth-order valence-electron chi connectivity index (χ4n) is 4.48. The van der Waals surface area contributed by atoms with Crippen LogP contribution in [0.4, 0.5) is 0 Å². The van der Waals surface area contributed by atoms with E-state index in [4.69, 9.17) is 9.84 Å². The number of carbonyl (C=O) groups excluding carboxylic acids is 2. The molecule has 2 heterocycles. The van der Waals surface area contributed by atoms with E-state index in [2.05, 4.69) is 13.5 Å². The van der Waals surface area contributed by atoms with Crippen LogP contribution < -0.4 is 4.74 Å². The molecule has 39 heavy (non-hydrogen) atoms. The molecule has 0 bridgehead atoms. The Labute approximate surface area is 229 Å². The number of ether oxygens (including phenoxy) is 1. The van der Waals surface area contributed by atoms with E-state index >= 15 is 0 Å². The summed E-state index contributed by atoms with van der Waals surface area (Å²) in [5.74, 6) is -0.207. The van der Waals surface area contributed by atoms with E-state index in [1.165, 1.54) is 4.90 Å². The van der Waals surface area contributed by atoms with Gasteiger partial charge in [-0.05, 0) is 61.4 Å². The predicted octanol–water partition coefficient (Wildman–Crippen LogP) is 6.28. The number of imide groups is 1. The normalized spacial score (nSPS) is 14.6. The SMILES string of the molecule is C=CCOc1ccc(-c2nn(-c3ccccc3)cc2/C=C2/C(=O)N(CCCCCC)C(=O)C(C#N)=C2C)cc1. The maximum absolute atomic E-state index is 13.6. The van der Waals surface area contributed by atoms with Crippen LogP contribution in [0.15, 0.2) is 90.2 Å². The number of para-hydroxylation sites is 1. The van der Waals surface area contributed by atoms with E-state index < -0.39 is 5.91 Å². The third-order valence-corrected chi connectivity index (χ3v) is 6.62. The lowest BCUT2D eigenvalue weighted by Crippen LogP contribution is -2.43. The van der Waals surface area contributed by atoms with Gasteiger partial charge < -0.3 is 4.74 Å². The Hall–Kier alpha value is -4.70. The predicted molar refractivity (Wildman–Crippen MR) is 152 cm³/mol. The summed E-state index contributed by atoms with van der Waals surface area (Å²) in [7, 11) is 0. The summed E-state index contributed by atoms with van der Waals surface area (Å²) in [5, 5.41) is 14.6. The molecule has 7 heteroatoms. The van der Waals surface area contributed by atoms with Gasteiger partial charge in [0.15, 0.2) is 0 Å². The summed E-state index contributed by atoms with van der Waals surface area (Å²) in [6.45, 7) is 8.13. The van der Waals surface area contributed by atoms with Crippen molar-refractivity contribution in [1.82, 2.24) is 14.7 Å². The first-order chi connectivity index (χ1) is 19.0. The van der Waals surface area contributed by atoms with E-state index in [9.17, 15) is 14.9 Å². The highest BCUT2D eigenvalue weighted by molar-refractivity contribution is 6.19. The van der Waals surface area contributed by atoms with Crippen LogP contribution in [0, 0.1) is 11.3 Å². The molecule has 0 radical (unpaired) electrons. The molecule has 0 N–H and O–H groups in total. The number of nitrogens with zero attached hydrogens (tertiary/aromatic N) is 4. The van der Waals surface area contributed by atoms with Gasteiger partial charge in [0.2, 0.25) is 0 Å². The molecule has 4 rings (SSSR count). The Morgan fingerprint density at radius 3 is 2.44 bits per heavy atom. The number of benzene rings is 2. The fourth-order valence-corrected chi connectivity index (χ4v) is 4.48. The van der Waals surface area contributed by atoms with Gasteiger partial charge in [0.25, 0.3) is 11.8 Å². The van der Waals surface area contributed by atoms with Crippen LogP contribution in [0.5, 0.6) is 5.75 Å². The van der Waals surface area contributed by atoms with E-state index in [0.717, 1.165) is 30.5 Å². The van der Waals surface area contributed by atoms with Crippen molar-refractivity contribution in [3.05, 3.63) is 95.7 Å². The molecule has 2 amide bonds. The Morgan fingerprint density at radius 1 is 1.03 bits per heavy atom. The molecular weight excluding hydrogens is 488 g/mol. The topological polar surface area (TPSA) is 88.2 Å². The Balaban J connectivity index is 1.79. The zero-order chi connectivity index (χ0) is 27.8. The van der Waals surface area contributed by atoms with Gasteiger partial charge in [-0.3, -0.25) is 14.5 Å². The van der Waals surface area contributed by atoms with Gasteiger partial charge >= 0.3 is 0 Å². The van der Waals surface area contributed by atoms with Gasteiger partial charge in [-0.15, -0.1) is 0 Å². The van der Waals surface area contributed by atoms with E-state index in [-0.39, 0.29) is 18.0 Å². The molecule has 2 aromatic carbocycles. The highest BCUT2D eigenvalue weighted by atomic mass is 16.5. The summed E-state index contributed by atoms with van der Waals surface area (Å²) in [4.78, 5) is 27.8. The highest BCUT2D eigenvalue weighted by Crippen LogP contribution is 2.32.